The Labute approximate surface area is 103 Å². The van der Waals surface area contributed by atoms with Crippen molar-refractivity contribution >= 4 is 19.4 Å². The number of hydrogen-bond donors (Lipinski definition) is 0. The van der Waals surface area contributed by atoms with Gasteiger partial charge in [0.25, 0.3) is 0 Å². The average Bonchev–Trinajstić information content (AvgIpc) is 2.86. The third kappa shape index (κ3) is 6.67. The molecule has 0 aromatic carbocycles. The second-order valence-electron chi connectivity index (χ2n) is 2.54. The molecular formula is C11H11BrORu. The fraction of sp³-hybridized carbons (Fsp3) is 0.0909. The minimum absolute atomic E-state index is 0.139. The summed E-state index contributed by atoms with van der Waals surface area (Å²) in [6.07, 6.45) is 15.1. The first kappa shape index (κ1) is 14.3. The van der Waals surface area contributed by atoms with E-state index in [2.05, 4.69) is 30.0 Å². The molecule has 1 nitrogen and oxygen atoms in total. The molecule has 2 rings (SSSR count). The van der Waals surface area contributed by atoms with E-state index in [0.29, 0.717) is 0 Å². The number of carbonyl (C=O) groups is 1. The van der Waals surface area contributed by atoms with E-state index in [1.807, 2.05) is 45.1 Å². The van der Waals surface area contributed by atoms with Crippen molar-refractivity contribution < 1.29 is 21.1 Å². The minimum Gasteiger partial charge on any atom is -0.0312 e. The maximum absolute atomic E-state index is 10.4. The van der Waals surface area contributed by atoms with Crippen molar-refractivity contribution in [2.45, 2.75) is 6.92 Å². The maximum atomic E-state index is 10.4. The second-order valence-corrected chi connectivity index (χ2v) is 2.54. The monoisotopic (exact) mass is 340 g/mol. The van der Waals surface area contributed by atoms with Gasteiger partial charge in [0.2, 0.25) is 0 Å². The van der Waals surface area contributed by atoms with E-state index in [1.165, 1.54) is 0 Å². The van der Waals surface area contributed by atoms with Crippen molar-refractivity contribution in [1.29, 1.82) is 0 Å². The summed E-state index contributed by atoms with van der Waals surface area (Å²) in [5.41, 5.74) is 0.833. The zero-order valence-corrected chi connectivity index (χ0v) is 11.1. The van der Waals surface area contributed by atoms with Gasteiger partial charge in [-0.05, 0) is 50.7 Å². The molecular weight excluding hydrogens is 329 g/mol. The van der Waals surface area contributed by atoms with E-state index in [4.69, 9.17) is 0 Å². The Bertz CT molecular complexity index is 210. The molecule has 0 N–H and O–H groups in total. The Hall–Kier alpha value is 0.253. The molecule has 5 radical (unpaired) electrons. The van der Waals surface area contributed by atoms with Crippen molar-refractivity contribution in [3.8, 4) is 0 Å². The predicted octanol–water partition coefficient (Wildman–Crippen LogP) is 2.94. The van der Waals surface area contributed by atoms with Gasteiger partial charge in [0, 0.05) is 0 Å². The van der Waals surface area contributed by atoms with Gasteiger partial charge in [-0.3, -0.25) is 4.79 Å². The Morgan fingerprint density at radius 2 is 1.50 bits per heavy atom. The molecule has 1 fully saturated rings. The van der Waals surface area contributed by atoms with Gasteiger partial charge in [-0.15, -0.1) is 0 Å². The molecule has 0 heterocycles. The summed E-state index contributed by atoms with van der Waals surface area (Å²) in [5.74, 6) is 0.139. The summed E-state index contributed by atoms with van der Waals surface area (Å²) in [7, 11) is 0. The van der Waals surface area contributed by atoms with Gasteiger partial charge in [-0.2, -0.15) is 0 Å². The van der Waals surface area contributed by atoms with E-state index >= 15 is 0 Å². The zero-order valence-electron chi connectivity index (χ0n) is 7.76. The fourth-order valence-electron chi connectivity index (χ4n) is 0.814. The van der Waals surface area contributed by atoms with Gasteiger partial charge in [0.05, 0.1) is 0 Å². The number of rotatable bonds is 0. The van der Waals surface area contributed by atoms with Crippen LogP contribution in [-0.2, 0) is 21.1 Å². The molecule has 1 saturated carbocycles. The molecule has 0 aromatic heterocycles. The molecule has 0 amide bonds. The van der Waals surface area contributed by atoms with Gasteiger partial charge in [0.1, 0.15) is 0 Å². The molecule has 0 aromatic rings. The van der Waals surface area contributed by atoms with Crippen molar-refractivity contribution in [1.82, 2.24) is 0 Å². The topological polar surface area (TPSA) is 17.1 Å². The van der Waals surface area contributed by atoms with Crippen LogP contribution in [0.25, 0.3) is 0 Å². The van der Waals surface area contributed by atoms with E-state index in [-0.39, 0.29) is 5.78 Å². The summed E-state index contributed by atoms with van der Waals surface area (Å²) in [4.78, 5) is 10.4. The van der Waals surface area contributed by atoms with Gasteiger partial charge >= 0.3 is 30.0 Å². The number of hydrogen-bond acceptors (Lipinski definition) is 1. The van der Waals surface area contributed by atoms with Crippen LogP contribution >= 0.6 is 13.6 Å². The van der Waals surface area contributed by atoms with Crippen LogP contribution in [0.15, 0.2) is 23.8 Å². The molecule has 14 heavy (non-hydrogen) atoms. The smallest absolute Gasteiger partial charge is 0.0312 e. The minimum atomic E-state index is 0.139. The Balaban J connectivity index is 0.000000213. The zero-order chi connectivity index (χ0) is 10.8. The normalized spacial score (nSPS) is 17.9. The number of carbonyl (C=O) groups excluding carboxylic acids is 1. The first-order chi connectivity index (χ1) is 6.80. The SMILES string of the molecule is CC1=CC=CC1=O.[Br][Ru].[CH]1[CH][CH][CH][CH]1. The van der Waals surface area contributed by atoms with Crippen molar-refractivity contribution in [2.24, 2.45) is 0 Å². The predicted molar refractivity (Wildman–Crippen MR) is 58.3 cm³/mol. The van der Waals surface area contributed by atoms with Crippen LogP contribution in [0.4, 0.5) is 0 Å². The average molecular weight is 340 g/mol. The summed E-state index contributed by atoms with van der Waals surface area (Å²) < 4.78 is 0. The van der Waals surface area contributed by atoms with Crippen LogP contribution < -0.4 is 0 Å². The number of ketones is 1. The third-order valence-corrected chi connectivity index (χ3v) is 1.54. The van der Waals surface area contributed by atoms with Crippen LogP contribution in [0.5, 0.6) is 0 Å². The first-order valence-corrected chi connectivity index (χ1v) is 7.97. The van der Waals surface area contributed by atoms with Crippen molar-refractivity contribution in [3.05, 3.63) is 55.9 Å². The first-order valence-electron chi connectivity index (χ1n) is 4.00. The van der Waals surface area contributed by atoms with E-state index in [0.717, 1.165) is 5.57 Å². The number of allylic oxidation sites excluding steroid dienone is 4. The standard InChI is InChI=1S/C6H6O.C5H5.BrH.Ru/c1-5-3-2-4-6(5)7;1-2-4-5-3-1;;/h2-4H,1H3;1-5H;1H;/q;;;+1/p-1. The van der Waals surface area contributed by atoms with Crippen LogP contribution in [0.1, 0.15) is 6.92 Å². The van der Waals surface area contributed by atoms with E-state index < -0.39 is 0 Å². The van der Waals surface area contributed by atoms with Crippen LogP contribution in [-0.4, -0.2) is 5.78 Å². The Kier molecular flexibility index (Phi) is 9.97. The molecule has 0 bridgehead atoms. The maximum Gasteiger partial charge on any atom is -0.0312 e. The molecule has 0 saturated heterocycles. The molecule has 2 aliphatic rings. The van der Waals surface area contributed by atoms with Crippen molar-refractivity contribution in [2.75, 3.05) is 0 Å². The molecule has 0 unspecified atom stereocenters. The molecule has 76 valence electrons. The van der Waals surface area contributed by atoms with E-state index in [1.54, 1.807) is 12.2 Å². The third-order valence-electron chi connectivity index (χ3n) is 1.54. The fourth-order valence-corrected chi connectivity index (χ4v) is 0.814. The van der Waals surface area contributed by atoms with E-state index in [9.17, 15) is 4.79 Å². The Morgan fingerprint density at radius 3 is 1.64 bits per heavy atom. The largest absolute Gasteiger partial charge is 0.0312 e. The van der Waals surface area contributed by atoms with Gasteiger partial charge in [-0.1, -0.05) is 12.2 Å². The van der Waals surface area contributed by atoms with Gasteiger partial charge < -0.3 is 0 Å². The van der Waals surface area contributed by atoms with Crippen molar-refractivity contribution in [3.63, 3.8) is 0 Å². The van der Waals surface area contributed by atoms with Crippen LogP contribution in [0, 0.1) is 32.1 Å². The number of halogens is 1. The van der Waals surface area contributed by atoms with Crippen LogP contribution in [0.3, 0.4) is 0 Å². The molecule has 2 aliphatic carbocycles. The summed E-state index contributed by atoms with van der Waals surface area (Å²) in [6, 6.07) is 0. The van der Waals surface area contributed by atoms with Gasteiger partial charge in [0.15, 0.2) is 5.78 Å². The Morgan fingerprint density at radius 1 is 1.07 bits per heavy atom. The van der Waals surface area contributed by atoms with Crippen LogP contribution in [0.2, 0.25) is 0 Å². The molecule has 3 heteroatoms. The summed E-state index contributed by atoms with van der Waals surface area (Å²) in [6.45, 7) is 1.81. The quantitative estimate of drug-likeness (QED) is 0.620. The van der Waals surface area contributed by atoms with Gasteiger partial charge in [-0.25, -0.2) is 0 Å². The molecule has 0 aliphatic heterocycles. The summed E-state index contributed by atoms with van der Waals surface area (Å²) in [5, 5.41) is 0. The summed E-state index contributed by atoms with van der Waals surface area (Å²) >= 11 is 5.03. The molecule has 0 atom stereocenters. The molecule has 0 spiro atoms. The second kappa shape index (κ2) is 9.79.